The molecule has 3 aromatic rings. The highest BCUT2D eigenvalue weighted by atomic mass is 16.5. The van der Waals surface area contributed by atoms with Crippen molar-refractivity contribution in [3.8, 4) is 5.75 Å². The van der Waals surface area contributed by atoms with Crippen molar-refractivity contribution >= 4 is 34.2 Å². The zero-order valence-electron chi connectivity index (χ0n) is 29.9. The highest BCUT2D eigenvalue weighted by Crippen LogP contribution is 2.62. The largest absolute Gasteiger partial charge is 0.495 e. The minimum Gasteiger partial charge on any atom is -0.495 e. The van der Waals surface area contributed by atoms with Gasteiger partial charge in [0.1, 0.15) is 17.8 Å². The number of likely N-dealkylation sites (tertiary alicyclic amines) is 1. The second kappa shape index (κ2) is 13.4. The Bertz CT molecular complexity index is 1790. The molecule has 10 nitrogen and oxygen atoms in total. The van der Waals surface area contributed by atoms with E-state index < -0.39 is 23.6 Å². The molecule has 3 amide bonds. The lowest BCUT2D eigenvalue weighted by Crippen LogP contribution is -2.65. The number of carbonyl (C=O) groups excluding carboxylic acids is 3. The summed E-state index contributed by atoms with van der Waals surface area (Å²) in [5.41, 5.74) is 1.42. The minimum atomic E-state index is -0.821. The molecule has 4 aliphatic carbocycles. The standard InChI is InChI=1S/C41H51N5O5/c1-42-41-23-28-17-29(24-41)22-40(21-28,26-41)39(50)46-25-32(47)20-35(46)37(48)43-33(19-27-11-12-30-7-3-4-8-31(30)18-27)38(49)45-15-13-44(14-16-45)34-9-5-6-10-36(34)51-2/h3-12,18,28-29,32-33,35,42,47H,13-17,19-26H2,1-2H3,(H,43,48)/t28?,29?,32-,33?,35?,40?,41?/m1/s1. The Morgan fingerprint density at radius 2 is 1.61 bits per heavy atom. The summed E-state index contributed by atoms with van der Waals surface area (Å²) < 4.78 is 5.59. The van der Waals surface area contributed by atoms with Gasteiger partial charge in [0.2, 0.25) is 17.7 Å². The van der Waals surface area contributed by atoms with Crippen LogP contribution < -0.4 is 20.3 Å². The van der Waals surface area contributed by atoms with Crippen LogP contribution in [0.2, 0.25) is 0 Å². The quantitative estimate of drug-likeness (QED) is 0.313. The normalized spacial score (nSPS) is 30.5. The maximum absolute atomic E-state index is 14.6. The van der Waals surface area contributed by atoms with Crippen molar-refractivity contribution in [1.82, 2.24) is 20.4 Å². The average Bonchev–Trinajstić information content (AvgIpc) is 3.54. The van der Waals surface area contributed by atoms with Crippen molar-refractivity contribution < 1.29 is 24.2 Å². The smallest absolute Gasteiger partial charge is 0.245 e. The molecule has 0 aromatic heterocycles. The number of nitrogens with one attached hydrogen (secondary N) is 2. The molecule has 51 heavy (non-hydrogen) atoms. The fourth-order valence-corrected chi connectivity index (χ4v) is 10.7. The van der Waals surface area contributed by atoms with Crippen LogP contribution in [-0.2, 0) is 20.8 Å². The van der Waals surface area contributed by atoms with Crippen molar-refractivity contribution in [2.75, 3.05) is 51.8 Å². The van der Waals surface area contributed by atoms with Crippen molar-refractivity contribution in [3.05, 3.63) is 72.3 Å². The van der Waals surface area contributed by atoms with Crippen LogP contribution >= 0.6 is 0 Å². The number of para-hydroxylation sites is 2. The third-order valence-electron chi connectivity index (χ3n) is 12.8. The fraction of sp³-hybridized carbons (Fsp3) is 0.537. The van der Waals surface area contributed by atoms with Crippen LogP contribution in [0.25, 0.3) is 10.8 Å². The molecule has 3 N–H and O–H groups in total. The number of benzene rings is 3. The summed E-state index contributed by atoms with van der Waals surface area (Å²) in [7, 11) is 3.69. The molecule has 2 heterocycles. The maximum atomic E-state index is 14.6. The van der Waals surface area contributed by atoms with Gasteiger partial charge >= 0.3 is 0 Å². The number of carbonyl (C=O) groups is 3. The Morgan fingerprint density at radius 1 is 0.902 bits per heavy atom. The van der Waals surface area contributed by atoms with Gasteiger partial charge in [-0.25, -0.2) is 0 Å². The lowest BCUT2D eigenvalue weighted by Gasteiger charge is -2.62. The number of β-amino-alcohol motifs (C(OH)–C–C–N with tert-alkyl or cyclic N) is 1. The van der Waals surface area contributed by atoms with Gasteiger partial charge in [-0.1, -0.05) is 54.6 Å². The van der Waals surface area contributed by atoms with Crippen LogP contribution in [0.4, 0.5) is 5.69 Å². The molecule has 3 aromatic carbocycles. The molecule has 4 unspecified atom stereocenters. The van der Waals surface area contributed by atoms with Gasteiger partial charge in [0.25, 0.3) is 0 Å². The first-order valence-corrected chi connectivity index (χ1v) is 18.8. The van der Waals surface area contributed by atoms with E-state index in [0.29, 0.717) is 44.4 Å². The van der Waals surface area contributed by atoms with Crippen molar-refractivity contribution in [2.45, 2.75) is 75.1 Å². The first kappa shape index (κ1) is 34.0. The molecule has 10 heteroatoms. The number of nitrogens with zero attached hydrogens (tertiary/aromatic N) is 3. The van der Waals surface area contributed by atoms with Crippen molar-refractivity contribution in [1.29, 1.82) is 0 Å². The average molecular weight is 694 g/mol. The molecule has 2 saturated heterocycles. The summed E-state index contributed by atoms with van der Waals surface area (Å²) in [5.74, 6) is 1.33. The molecule has 2 aliphatic heterocycles. The minimum absolute atomic E-state index is 0.0118. The molecular formula is C41H51N5O5. The van der Waals surface area contributed by atoms with Gasteiger partial charge in [-0.05, 0) is 85.9 Å². The summed E-state index contributed by atoms with van der Waals surface area (Å²) in [4.78, 5) is 49.1. The number of aliphatic hydroxyl groups is 1. The van der Waals surface area contributed by atoms with E-state index in [4.69, 9.17) is 4.74 Å². The predicted octanol–water partition coefficient (Wildman–Crippen LogP) is 3.74. The molecule has 4 bridgehead atoms. The number of piperazine rings is 1. The molecule has 270 valence electrons. The zero-order chi connectivity index (χ0) is 35.3. The summed E-state index contributed by atoms with van der Waals surface area (Å²) in [6.45, 7) is 2.43. The highest BCUT2D eigenvalue weighted by Gasteiger charge is 2.62. The van der Waals surface area contributed by atoms with E-state index in [1.807, 2.05) is 54.4 Å². The first-order chi connectivity index (χ1) is 24.7. The van der Waals surface area contributed by atoms with Gasteiger partial charge in [0, 0.05) is 51.1 Å². The van der Waals surface area contributed by atoms with Gasteiger partial charge in [0.05, 0.1) is 24.3 Å². The van der Waals surface area contributed by atoms with Gasteiger partial charge in [0.15, 0.2) is 0 Å². The molecule has 4 saturated carbocycles. The zero-order valence-corrected chi connectivity index (χ0v) is 29.9. The Kier molecular flexibility index (Phi) is 8.95. The number of ether oxygens (including phenoxy) is 1. The predicted molar refractivity (Wildman–Crippen MR) is 196 cm³/mol. The Hall–Kier alpha value is -4.15. The van der Waals surface area contributed by atoms with E-state index in [2.05, 4.69) is 39.8 Å². The van der Waals surface area contributed by atoms with Gasteiger partial charge in [-0.2, -0.15) is 0 Å². The van der Waals surface area contributed by atoms with E-state index in [-0.39, 0.29) is 36.2 Å². The van der Waals surface area contributed by atoms with Crippen LogP contribution in [0.15, 0.2) is 66.7 Å². The first-order valence-electron chi connectivity index (χ1n) is 18.8. The lowest BCUT2D eigenvalue weighted by atomic mass is 9.46. The number of anilines is 1. The third-order valence-corrected chi connectivity index (χ3v) is 12.8. The van der Waals surface area contributed by atoms with Crippen molar-refractivity contribution in [3.63, 3.8) is 0 Å². The van der Waals surface area contributed by atoms with Crippen LogP contribution in [0, 0.1) is 17.3 Å². The van der Waals surface area contributed by atoms with E-state index in [9.17, 15) is 19.5 Å². The summed E-state index contributed by atoms with van der Waals surface area (Å²) in [5, 5.41) is 19.8. The number of hydrogen-bond donors (Lipinski definition) is 3. The van der Waals surface area contributed by atoms with E-state index >= 15 is 0 Å². The summed E-state index contributed by atoms with van der Waals surface area (Å²) in [6, 6.07) is 20.5. The third kappa shape index (κ3) is 6.35. The maximum Gasteiger partial charge on any atom is 0.245 e. The summed E-state index contributed by atoms with van der Waals surface area (Å²) >= 11 is 0. The van der Waals surface area contributed by atoms with Gasteiger partial charge < -0.3 is 35.2 Å². The Balaban J connectivity index is 1.02. The topological polar surface area (TPSA) is 114 Å². The van der Waals surface area contributed by atoms with Crippen LogP contribution in [0.3, 0.4) is 0 Å². The molecule has 9 rings (SSSR count). The van der Waals surface area contributed by atoms with E-state index in [1.54, 1.807) is 12.0 Å². The Labute approximate surface area is 300 Å². The second-order valence-electron chi connectivity index (χ2n) is 16.1. The number of hydrogen-bond acceptors (Lipinski definition) is 7. The van der Waals surface area contributed by atoms with Crippen LogP contribution in [0.1, 0.15) is 50.5 Å². The number of aliphatic hydroxyl groups excluding tert-OH is 1. The molecule has 5 atom stereocenters. The highest BCUT2D eigenvalue weighted by molar-refractivity contribution is 5.94. The second-order valence-corrected chi connectivity index (χ2v) is 16.1. The fourth-order valence-electron chi connectivity index (χ4n) is 10.7. The molecule has 6 fully saturated rings. The van der Waals surface area contributed by atoms with E-state index in [0.717, 1.165) is 59.9 Å². The molecule has 0 radical (unpaired) electrons. The molecule has 0 spiro atoms. The SMILES string of the molecule is CNC12CC3CC(C1)CC(C(=O)N1C[C@H](O)CC1C(=O)NC(Cc1ccc4ccccc4c1)C(=O)N1CCN(c4ccccc4OC)CC1)(C3)C2. The lowest BCUT2D eigenvalue weighted by molar-refractivity contribution is -0.164. The van der Waals surface area contributed by atoms with Gasteiger partial charge in [-0.15, -0.1) is 0 Å². The molecule has 6 aliphatic rings. The van der Waals surface area contributed by atoms with Crippen LogP contribution in [-0.4, -0.2) is 103 Å². The Morgan fingerprint density at radius 3 is 2.33 bits per heavy atom. The van der Waals surface area contributed by atoms with Gasteiger partial charge in [-0.3, -0.25) is 14.4 Å². The number of rotatable bonds is 9. The number of methoxy groups -OCH3 is 1. The van der Waals surface area contributed by atoms with Crippen LogP contribution in [0.5, 0.6) is 5.75 Å². The summed E-state index contributed by atoms with van der Waals surface area (Å²) in [6.07, 6.45) is 5.60. The number of amides is 3. The van der Waals surface area contributed by atoms with Crippen molar-refractivity contribution in [2.24, 2.45) is 17.3 Å². The molecular weight excluding hydrogens is 642 g/mol. The van der Waals surface area contributed by atoms with E-state index in [1.165, 1.54) is 6.42 Å². The number of fused-ring (bicyclic) bond motifs is 1. The monoisotopic (exact) mass is 693 g/mol.